The van der Waals surface area contributed by atoms with Crippen molar-refractivity contribution in [1.82, 2.24) is 14.9 Å². The first-order valence-corrected chi connectivity index (χ1v) is 11.4. The zero-order valence-electron chi connectivity index (χ0n) is 18.1. The summed E-state index contributed by atoms with van der Waals surface area (Å²) in [5.41, 5.74) is 2.39. The van der Waals surface area contributed by atoms with E-state index in [0.29, 0.717) is 24.7 Å². The van der Waals surface area contributed by atoms with Crippen molar-refractivity contribution in [2.75, 3.05) is 18.4 Å². The van der Waals surface area contributed by atoms with E-state index in [9.17, 15) is 9.18 Å². The van der Waals surface area contributed by atoms with Crippen molar-refractivity contribution in [3.63, 3.8) is 0 Å². The van der Waals surface area contributed by atoms with Gasteiger partial charge in [-0.05, 0) is 61.9 Å². The summed E-state index contributed by atoms with van der Waals surface area (Å²) < 4.78 is 13.4. The maximum absolute atomic E-state index is 13.6. The molecule has 0 radical (unpaired) electrons. The number of carbonyl (C=O) groups is 1. The van der Waals surface area contributed by atoms with Crippen LogP contribution in [0, 0.1) is 25.6 Å². The molecule has 3 heterocycles. The Bertz CT molecular complexity index is 1050. The third kappa shape index (κ3) is 4.77. The third-order valence-electron chi connectivity index (χ3n) is 5.82. The average molecular weight is 441 g/mol. The molecule has 164 valence electrons. The average Bonchev–Trinajstić information content (AvgIpc) is 3.15. The van der Waals surface area contributed by atoms with E-state index in [-0.39, 0.29) is 19.2 Å². The topological polar surface area (TPSA) is 58.1 Å². The maximum Gasteiger partial charge on any atom is 0.274 e. The Morgan fingerprint density at radius 3 is 2.74 bits per heavy atom. The lowest BCUT2D eigenvalue weighted by molar-refractivity contribution is 0.0535. The van der Waals surface area contributed by atoms with Crippen LogP contribution >= 0.6 is 11.3 Å². The number of nitrogens with one attached hydrogen (secondary N) is 1. The number of aromatic nitrogens is 2. The molecule has 0 saturated carbocycles. The largest absolute Gasteiger partial charge is 0.368 e. The summed E-state index contributed by atoms with van der Waals surface area (Å²) in [6.07, 6.45) is 3.89. The van der Waals surface area contributed by atoms with Crippen molar-refractivity contribution in [2.24, 2.45) is 5.92 Å². The molecule has 1 unspecified atom stereocenters. The predicted molar refractivity (Wildman–Crippen MR) is 125 cm³/mol. The number of pyridine rings is 1. The quantitative estimate of drug-likeness (QED) is 0.564. The number of thiazole rings is 1. The van der Waals surface area contributed by atoms with Gasteiger partial charge < -0.3 is 10.2 Å². The molecule has 0 aliphatic carbocycles. The number of hydrogen-bond donors (Lipinski definition) is 1. The number of nitrogens with zero attached hydrogens (tertiary/aromatic N) is 3. The van der Waals surface area contributed by atoms with Crippen molar-refractivity contribution in [2.45, 2.75) is 39.7 Å². The lowest BCUT2D eigenvalue weighted by atomic mass is 9.90. The van der Waals surface area contributed by atoms with E-state index < -0.39 is 0 Å². The number of amides is 1. The molecule has 2 aromatic heterocycles. The van der Waals surface area contributed by atoms with Gasteiger partial charge in [-0.1, -0.05) is 25.1 Å². The van der Waals surface area contributed by atoms with Crippen molar-refractivity contribution >= 4 is 23.1 Å². The molecule has 5 nitrogen and oxygen atoms in total. The van der Waals surface area contributed by atoms with Crippen molar-refractivity contribution in [3.05, 3.63) is 64.7 Å². The highest BCUT2D eigenvalue weighted by Crippen LogP contribution is 2.33. The zero-order valence-corrected chi connectivity index (χ0v) is 18.9. The van der Waals surface area contributed by atoms with Crippen molar-refractivity contribution in [1.29, 1.82) is 0 Å². The fourth-order valence-corrected chi connectivity index (χ4v) is 5.01. The minimum absolute atomic E-state index is 0. The van der Waals surface area contributed by atoms with Crippen molar-refractivity contribution < 1.29 is 10.6 Å². The molecule has 4 rings (SSSR count). The highest BCUT2D eigenvalue weighted by molar-refractivity contribution is 7.15. The van der Waals surface area contributed by atoms with Gasteiger partial charge in [-0.25, -0.2) is 14.4 Å². The Labute approximate surface area is 187 Å². The predicted octanol–water partition coefficient (Wildman–Crippen LogP) is 5.56. The van der Waals surface area contributed by atoms with Crippen LogP contribution in [-0.2, 0) is 0 Å². The lowest BCUT2D eigenvalue weighted by Crippen LogP contribution is -2.51. The second-order valence-electron chi connectivity index (χ2n) is 8.20. The molecule has 7 heteroatoms. The Morgan fingerprint density at radius 2 is 2.03 bits per heavy atom. The molecule has 3 aromatic rings. The molecule has 1 fully saturated rings. The van der Waals surface area contributed by atoms with Gasteiger partial charge in [-0.2, -0.15) is 0 Å². The van der Waals surface area contributed by atoms with Crippen LogP contribution in [0.3, 0.4) is 0 Å². The number of carbonyl (C=O) groups excluding carboxylic acids is 1. The van der Waals surface area contributed by atoms with Crippen LogP contribution in [-0.4, -0.2) is 39.9 Å². The second kappa shape index (κ2) is 9.14. The molecule has 1 saturated heterocycles. The number of piperidine rings is 1. The first-order valence-electron chi connectivity index (χ1n) is 10.6. The molecule has 0 bridgehead atoms. The molecule has 31 heavy (non-hydrogen) atoms. The van der Waals surface area contributed by atoms with E-state index in [1.54, 1.807) is 12.1 Å². The van der Waals surface area contributed by atoms with Gasteiger partial charge in [-0.3, -0.25) is 4.79 Å². The normalized spacial score (nSPS) is 18.8. The van der Waals surface area contributed by atoms with Gasteiger partial charge >= 0.3 is 0 Å². The minimum atomic E-state index is -0.293. The minimum Gasteiger partial charge on any atom is -0.368 e. The highest BCUT2D eigenvalue weighted by atomic mass is 32.1. The molecular formula is C24H29FN4OS. The van der Waals surface area contributed by atoms with E-state index in [1.165, 1.54) is 23.5 Å². The second-order valence-corrected chi connectivity index (χ2v) is 9.41. The summed E-state index contributed by atoms with van der Waals surface area (Å²) in [4.78, 5) is 25.4. The van der Waals surface area contributed by atoms with Crippen LogP contribution in [0.5, 0.6) is 0 Å². The third-order valence-corrected chi connectivity index (χ3v) is 6.84. The van der Waals surface area contributed by atoms with E-state index in [2.05, 4.69) is 22.2 Å². The number of rotatable bonds is 5. The molecule has 1 aliphatic rings. The summed E-state index contributed by atoms with van der Waals surface area (Å²) in [6.45, 7) is 7.44. The Morgan fingerprint density at radius 1 is 1.26 bits per heavy atom. The van der Waals surface area contributed by atoms with Gasteiger partial charge in [-0.15, -0.1) is 11.3 Å². The molecule has 1 aliphatic heterocycles. The maximum atomic E-state index is 13.6. The Balaban J connectivity index is 0.00000289. The molecule has 2 atom stereocenters. The number of likely N-dealkylation sites (tertiary alicyclic amines) is 1. The first kappa shape index (κ1) is 21.4. The van der Waals surface area contributed by atoms with Crippen LogP contribution < -0.4 is 5.32 Å². The van der Waals surface area contributed by atoms with Crippen LogP contribution in [0.2, 0.25) is 0 Å². The van der Waals surface area contributed by atoms with Gasteiger partial charge in [0, 0.05) is 20.7 Å². The van der Waals surface area contributed by atoms with Crippen LogP contribution in [0.1, 0.15) is 42.3 Å². The van der Waals surface area contributed by atoms with Gasteiger partial charge in [0.15, 0.2) is 0 Å². The van der Waals surface area contributed by atoms with E-state index in [4.69, 9.17) is 0 Å². The Kier molecular flexibility index (Phi) is 6.32. The number of hydrogen-bond acceptors (Lipinski definition) is 5. The molecule has 1 amide bonds. The standard InChI is InChI=1S/C24H27FN4OS.H2/c1-15-6-11-21(26-13-15)27-14-20-16(2)5-4-12-29(20)24(30)22-23(31-17(3)28-22)18-7-9-19(25)10-8-18;/h6-11,13,16,20H,4-5,12,14H2,1-3H3,(H,26,27);1H/t16?,20-;/m1./s1. The number of anilines is 1. The van der Waals surface area contributed by atoms with Gasteiger partial charge in [0.25, 0.3) is 5.91 Å². The molecule has 1 aromatic carbocycles. The summed E-state index contributed by atoms with van der Waals surface area (Å²) in [7, 11) is 0. The molecular weight excluding hydrogens is 411 g/mol. The van der Waals surface area contributed by atoms with Gasteiger partial charge in [0.05, 0.1) is 15.9 Å². The van der Waals surface area contributed by atoms with Crippen molar-refractivity contribution in [3.8, 4) is 10.4 Å². The fraction of sp³-hybridized carbons (Fsp3) is 0.375. The summed E-state index contributed by atoms with van der Waals surface area (Å²) in [5, 5.41) is 4.23. The van der Waals surface area contributed by atoms with Crippen LogP contribution in [0.4, 0.5) is 10.2 Å². The zero-order chi connectivity index (χ0) is 22.0. The first-order chi connectivity index (χ1) is 14.9. The summed E-state index contributed by atoms with van der Waals surface area (Å²) >= 11 is 1.47. The number of halogens is 1. The van der Waals surface area contributed by atoms with E-state index in [0.717, 1.165) is 39.7 Å². The molecule has 0 spiro atoms. The molecule has 1 N–H and O–H groups in total. The van der Waals surface area contributed by atoms with Crippen LogP contribution in [0.15, 0.2) is 42.6 Å². The van der Waals surface area contributed by atoms with Gasteiger partial charge in [0.1, 0.15) is 17.3 Å². The van der Waals surface area contributed by atoms with Gasteiger partial charge in [0.2, 0.25) is 0 Å². The van der Waals surface area contributed by atoms with E-state index in [1.807, 2.05) is 37.1 Å². The summed E-state index contributed by atoms with van der Waals surface area (Å²) in [6, 6.07) is 10.3. The lowest BCUT2D eigenvalue weighted by Gasteiger charge is -2.40. The monoisotopic (exact) mass is 440 g/mol. The fourth-order valence-electron chi connectivity index (χ4n) is 4.10. The summed E-state index contributed by atoms with van der Waals surface area (Å²) in [5.74, 6) is 0.828. The SMILES string of the molecule is Cc1ccc(NC[C@@H]2C(C)CCCN2C(=O)c2nc(C)sc2-c2ccc(F)cc2)nc1.[HH]. The number of aryl methyl sites for hydroxylation is 2. The highest BCUT2D eigenvalue weighted by Gasteiger charge is 2.34. The van der Waals surface area contributed by atoms with Crippen LogP contribution in [0.25, 0.3) is 10.4 Å². The smallest absolute Gasteiger partial charge is 0.274 e. The van der Waals surface area contributed by atoms with E-state index >= 15 is 0 Å². The number of benzene rings is 1. The Hall–Kier alpha value is -2.80.